The van der Waals surface area contributed by atoms with Crippen LogP contribution in [0.4, 0.5) is 18.9 Å². The van der Waals surface area contributed by atoms with Crippen LogP contribution >= 0.6 is 15.9 Å². The lowest BCUT2D eigenvalue weighted by atomic mass is 10.2. The lowest BCUT2D eigenvalue weighted by molar-refractivity contribution is -0.274. The van der Waals surface area contributed by atoms with E-state index in [0.717, 1.165) is 25.9 Å². The molecule has 0 aliphatic carbocycles. The van der Waals surface area contributed by atoms with Gasteiger partial charge >= 0.3 is 6.36 Å². The van der Waals surface area contributed by atoms with E-state index in [1.807, 2.05) is 4.90 Å². The molecule has 1 fully saturated rings. The van der Waals surface area contributed by atoms with Gasteiger partial charge in [0.15, 0.2) is 5.75 Å². The molecule has 1 heterocycles. The molecule has 1 aliphatic heterocycles. The van der Waals surface area contributed by atoms with Gasteiger partial charge in [-0.15, -0.1) is 13.2 Å². The summed E-state index contributed by atoms with van der Waals surface area (Å²) in [4.78, 5) is 1.91. The van der Waals surface area contributed by atoms with Gasteiger partial charge in [0.05, 0.1) is 5.69 Å². The SMILES string of the molecule is FC(F)(F)Oc1cc(Br)ccc1N1CCCC1. The lowest BCUT2D eigenvalue weighted by Crippen LogP contribution is -2.22. The summed E-state index contributed by atoms with van der Waals surface area (Å²) < 4.78 is 41.5. The Labute approximate surface area is 105 Å². The molecule has 0 N–H and O–H groups in total. The molecule has 0 spiro atoms. The third kappa shape index (κ3) is 3.28. The van der Waals surface area contributed by atoms with Gasteiger partial charge < -0.3 is 9.64 Å². The maximum Gasteiger partial charge on any atom is 0.573 e. The molecule has 0 aromatic heterocycles. The second kappa shape index (κ2) is 4.76. The van der Waals surface area contributed by atoms with Crippen LogP contribution in [0.5, 0.6) is 5.75 Å². The molecule has 2 rings (SSSR count). The predicted octanol–water partition coefficient (Wildman–Crippen LogP) is 3.95. The molecule has 0 bridgehead atoms. The quantitative estimate of drug-likeness (QED) is 0.820. The van der Waals surface area contributed by atoms with Crippen molar-refractivity contribution in [3.63, 3.8) is 0 Å². The van der Waals surface area contributed by atoms with Gasteiger partial charge in [-0.2, -0.15) is 0 Å². The first-order valence-corrected chi connectivity index (χ1v) is 6.05. The van der Waals surface area contributed by atoms with Crippen LogP contribution < -0.4 is 9.64 Å². The van der Waals surface area contributed by atoms with Crippen LogP contribution in [0.2, 0.25) is 0 Å². The molecule has 17 heavy (non-hydrogen) atoms. The summed E-state index contributed by atoms with van der Waals surface area (Å²) in [6.45, 7) is 1.55. The monoisotopic (exact) mass is 309 g/mol. The summed E-state index contributed by atoms with van der Waals surface area (Å²) in [7, 11) is 0. The molecular formula is C11H11BrF3NO. The summed E-state index contributed by atoms with van der Waals surface area (Å²) in [5.41, 5.74) is 0.503. The minimum Gasteiger partial charge on any atom is -0.404 e. The van der Waals surface area contributed by atoms with E-state index in [2.05, 4.69) is 20.7 Å². The van der Waals surface area contributed by atoms with Gasteiger partial charge in [0.2, 0.25) is 0 Å². The van der Waals surface area contributed by atoms with Crippen LogP contribution in [-0.2, 0) is 0 Å². The van der Waals surface area contributed by atoms with Crippen LogP contribution in [0.3, 0.4) is 0 Å². The van der Waals surface area contributed by atoms with E-state index < -0.39 is 6.36 Å². The topological polar surface area (TPSA) is 12.5 Å². The van der Waals surface area contributed by atoms with Crippen LogP contribution in [0.1, 0.15) is 12.8 Å². The fourth-order valence-electron chi connectivity index (χ4n) is 1.91. The molecule has 6 heteroatoms. The van der Waals surface area contributed by atoms with Crippen molar-refractivity contribution in [3.05, 3.63) is 22.7 Å². The van der Waals surface area contributed by atoms with Gasteiger partial charge in [-0.3, -0.25) is 0 Å². The Bertz CT molecular complexity index is 402. The molecule has 0 saturated carbocycles. The summed E-state index contributed by atoms with van der Waals surface area (Å²) in [5, 5.41) is 0. The molecule has 1 aromatic rings. The summed E-state index contributed by atoms with van der Waals surface area (Å²) in [6.07, 6.45) is -2.65. The van der Waals surface area contributed by atoms with Crippen molar-refractivity contribution in [2.24, 2.45) is 0 Å². The van der Waals surface area contributed by atoms with E-state index in [1.165, 1.54) is 6.07 Å². The van der Waals surface area contributed by atoms with Gasteiger partial charge in [-0.1, -0.05) is 15.9 Å². The molecule has 2 nitrogen and oxygen atoms in total. The molecule has 94 valence electrons. The van der Waals surface area contributed by atoms with E-state index in [-0.39, 0.29) is 5.75 Å². The minimum atomic E-state index is -4.66. The van der Waals surface area contributed by atoms with Crippen molar-refractivity contribution in [1.82, 2.24) is 0 Å². The summed E-state index contributed by atoms with van der Waals surface area (Å²) in [6, 6.07) is 4.72. The molecule has 0 radical (unpaired) electrons. The van der Waals surface area contributed by atoms with Crippen molar-refractivity contribution in [3.8, 4) is 5.75 Å². The Morgan fingerprint density at radius 2 is 1.82 bits per heavy atom. The largest absolute Gasteiger partial charge is 0.573 e. The van der Waals surface area contributed by atoms with E-state index in [9.17, 15) is 13.2 Å². The van der Waals surface area contributed by atoms with Crippen LogP contribution in [-0.4, -0.2) is 19.5 Å². The van der Waals surface area contributed by atoms with E-state index in [1.54, 1.807) is 12.1 Å². The number of ether oxygens (including phenoxy) is 1. The smallest absolute Gasteiger partial charge is 0.404 e. The van der Waals surface area contributed by atoms with Crippen molar-refractivity contribution >= 4 is 21.6 Å². The number of benzene rings is 1. The van der Waals surface area contributed by atoms with Gasteiger partial charge in [0, 0.05) is 17.6 Å². The Morgan fingerprint density at radius 1 is 1.18 bits per heavy atom. The van der Waals surface area contributed by atoms with Crippen molar-refractivity contribution < 1.29 is 17.9 Å². The Hall–Kier alpha value is -0.910. The van der Waals surface area contributed by atoms with Crippen LogP contribution in [0.25, 0.3) is 0 Å². The zero-order valence-corrected chi connectivity index (χ0v) is 10.5. The highest BCUT2D eigenvalue weighted by molar-refractivity contribution is 9.10. The Balaban J connectivity index is 2.30. The third-order valence-corrected chi connectivity index (χ3v) is 3.09. The first-order chi connectivity index (χ1) is 7.96. The Morgan fingerprint density at radius 3 is 2.41 bits per heavy atom. The molecule has 0 unspecified atom stereocenters. The lowest BCUT2D eigenvalue weighted by Gasteiger charge is -2.22. The van der Waals surface area contributed by atoms with Gasteiger partial charge in [-0.25, -0.2) is 0 Å². The number of nitrogens with zero attached hydrogens (tertiary/aromatic N) is 1. The predicted molar refractivity (Wildman–Crippen MR) is 62.3 cm³/mol. The van der Waals surface area contributed by atoms with Crippen molar-refractivity contribution in [1.29, 1.82) is 0 Å². The molecule has 0 amide bonds. The first-order valence-electron chi connectivity index (χ1n) is 5.26. The fourth-order valence-corrected chi connectivity index (χ4v) is 2.25. The minimum absolute atomic E-state index is 0.145. The molecule has 1 saturated heterocycles. The summed E-state index contributed by atoms with van der Waals surface area (Å²) >= 11 is 3.15. The maximum atomic E-state index is 12.3. The first kappa shape index (κ1) is 12.5. The zero-order valence-electron chi connectivity index (χ0n) is 8.93. The van der Waals surface area contributed by atoms with E-state index >= 15 is 0 Å². The zero-order chi connectivity index (χ0) is 12.5. The molecular weight excluding hydrogens is 299 g/mol. The van der Waals surface area contributed by atoms with E-state index in [0.29, 0.717) is 10.2 Å². The standard InChI is InChI=1S/C11H11BrF3NO/c12-8-3-4-9(16-5-1-2-6-16)10(7-8)17-11(13,14)15/h3-4,7H,1-2,5-6H2. The highest BCUT2D eigenvalue weighted by atomic mass is 79.9. The number of alkyl halides is 3. The highest BCUT2D eigenvalue weighted by Gasteiger charge is 2.33. The van der Waals surface area contributed by atoms with Crippen LogP contribution in [0, 0.1) is 0 Å². The Kier molecular flexibility index (Phi) is 3.51. The van der Waals surface area contributed by atoms with Crippen molar-refractivity contribution in [2.45, 2.75) is 19.2 Å². The van der Waals surface area contributed by atoms with E-state index in [4.69, 9.17) is 0 Å². The van der Waals surface area contributed by atoms with Crippen LogP contribution in [0.15, 0.2) is 22.7 Å². The average Bonchev–Trinajstić information content (AvgIpc) is 2.68. The van der Waals surface area contributed by atoms with Crippen molar-refractivity contribution in [2.75, 3.05) is 18.0 Å². The second-order valence-corrected chi connectivity index (χ2v) is 4.77. The van der Waals surface area contributed by atoms with Gasteiger partial charge in [0.25, 0.3) is 0 Å². The number of hydrogen-bond acceptors (Lipinski definition) is 2. The normalized spacial score (nSPS) is 16.4. The fraction of sp³-hybridized carbons (Fsp3) is 0.455. The molecule has 1 aliphatic rings. The maximum absolute atomic E-state index is 12.3. The third-order valence-electron chi connectivity index (χ3n) is 2.59. The number of halogens is 4. The number of hydrogen-bond donors (Lipinski definition) is 0. The van der Waals surface area contributed by atoms with Gasteiger partial charge in [0.1, 0.15) is 0 Å². The molecule has 1 aromatic carbocycles. The number of anilines is 1. The highest BCUT2D eigenvalue weighted by Crippen LogP contribution is 2.36. The summed E-state index contributed by atoms with van der Waals surface area (Å²) in [5.74, 6) is -0.145. The average molecular weight is 310 g/mol. The second-order valence-electron chi connectivity index (χ2n) is 3.85. The van der Waals surface area contributed by atoms with Gasteiger partial charge in [-0.05, 0) is 31.0 Å². The number of rotatable bonds is 2. The molecule has 0 atom stereocenters.